The highest BCUT2D eigenvalue weighted by molar-refractivity contribution is 7.46. The molecule has 1 aromatic carbocycles. The summed E-state index contributed by atoms with van der Waals surface area (Å²) in [7, 11) is -4.85. The number of benzene rings is 1. The van der Waals surface area contributed by atoms with E-state index >= 15 is 0 Å². The van der Waals surface area contributed by atoms with Crippen molar-refractivity contribution in [3.05, 3.63) is 23.8 Å². The zero-order chi connectivity index (χ0) is 21.0. The Morgan fingerprint density at radius 1 is 1.33 bits per heavy atom. The average molecular weight is 405 g/mol. The Hall–Kier alpha value is -2.17. The summed E-state index contributed by atoms with van der Waals surface area (Å²) >= 11 is 0. The van der Waals surface area contributed by atoms with Crippen molar-refractivity contribution in [1.82, 2.24) is 10.9 Å². The third kappa shape index (κ3) is 6.81. The van der Waals surface area contributed by atoms with Gasteiger partial charge in [-0.2, -0.15) is 0 Å². The molecule has 1 amide bonds. The summed E-state index contributed by atoms with van der Waals surface area (Å²) < 4.78 is 15.1. The molecule has 0 saturated carbocycles. The fraction of sp³-hybridized carbons (Fsp3) is 0.467. The van der Waals surface area contributed by atoms with Gasteiger partial charge in [0.15, 0.2) is 11.5 Å². The monoisotopic (exact) mass is 405 g/mol. The number of amides is 1. The number of carboxylic acids is 1. The number of nitrogens with two attached hydrogens (primary N) is 1. The van der Waals surface area contributed by atoms with Crippen molar-refractivity contribution in [2.24, 2.45) is 11.7 Å². The molecule has 1 rings (SSSR count). The number of nitrogens with one attached hydrogen (secondary N) is 2. The predicted octanol–water partition coefficient (Wildman–Crippen LogP) is -0.146. The molecular formula is C15H24N3O8P. The number of phosphoric ester groups is 1. The van der Waals surface area contributed by atoms with Crippen LogP contribution in [0.15, 0.2) is 18.2 Å². The van der Waals surface area contributed by atoms with Crippen molar-refractivity contribution >= 4 is 19.7 Å². The number of carboxylic acid groups (broad SMARTS) is 1. The molecule has 1 aromatic rings. The van der Waals surface area contributed by atoms with Crippen LogP contribution in [0.1, 0.15) is 26.3 Å². The zero-order valence-corrected chi connectivity index (χ0v) is 15.9. The van der Waals surface area contributed by atoms with E-state index in [9.17, 15) is 24.4 Å². The Bertz CT molecular complexity index is 751. The summed E-state index contributed by atoms with van der Waals surface area (Å²) in [5, 5.41) is 19.3. The minimum absolute atomic E-state index is 0.151. The number of hydrazine groups is 1. The molecule has 0 bridgehead atoms. The van der Waals surface area contributed by atoms with E-state index in [0.29, 0.717) is 5.56 Å². The van der Waals surface area contributed by atoms with Crippen LogP contribution in [0.25, 0.3) is 0 Å². The molecule has 152 valence electrons. The quantitative estimate of drug-likeness (QED) is 0.215. The smallest absolute Gasteiger partial charge is 0.504 e. The van der Waals surface area contributed by atoms with Gasteiger partial charge in [0.1, 0.15) is 5.54 Å². The van der Waals surface area contributed by atoms with Gasteiger partial charge >= 0.3 is 13.8 Å². The molecule has 0 saturated heterocycles. The van der Waals surface area contributed by atoms with Gasteiger partial charge in [0.05, 0.1) is 6.04 Å². The second-order valence-electron chi connectivity index (χ2n) is 6.58. The summed E-state index contributed by atoms with van der Waals surface area (Å²) in [6.07, 6.45) is -0.177. The van der Waals surface area contributed by atoms with E-state index < -0.39 is 42.8 Å². The molecule has 27 heavy (non-hydrogen) atoms. The van der Waals surface area contributed by atoms with Crippen LogP contribution in [0.2, 0.25) is 0 Å². The molecule has 1 unspecified atom stereocenters. The fourth-order valence-corrected chi connectivity index (χ4v) is 2.46. The lowest BCUT2D eigenvalue weighted by Crippen LogP contribution is -2.61. The van der Waals surface area contributed by atoms with Gasteiger partial charge in [-0.1, -0.05) is 19.9 Å². The van der Waals surface area contributed by atoms with E-state index in [1.54, 1.807) is 13.8 Å². The number of aliphatic carboxylic acids is 1. The number of phenols is 1. The van der Waals surface area contributed by atoms with Crippen molar-refractivity contribution < 1.29 is 38.7 Å². The SMILES string of the molecule is CC(C)[C@H](N)C(=O)NNC(C)(Cc1ccc(OP(=O)(O)O)c(O)c1)C(=O)O. The van der Waals surface area contributed by atoms with Gasteiger partial charge in [0, 0.05) is 6.42 Å². The molecule has 0 aliphatic rings. The van der Waals surface area contributed by atoms with Gasteiger partial charge in [-0.15, -0.1) is 0 Å². The number of hydrogen-bond acceptors (Lipinski definition) is 7. The predicted molar refractivity (Wildman–Crippen MR) is 94.6 cm³/mol. The summed E-state index contributed by atoms with van der Waals surface area (Å²) in [6.45, 7) is 4.79. The molecule has 11 nitrogen and oxygen atoms in total. The summed E-state index contributed by atoms with van der Waals surface area (Å²) in [6, 6.07) is 2.70. The van der Waals surface area contributed by atoms with Crippen LogP contribution in [0.5, 0.6) is 11.5 Å². The highest BCUT2D eigenvalue weighted by Gasteiger charge is 2.35. The van der Waals surface area contributed by atoms with Gasteiger partial charge in [-0.25, -0.2) is 9.99 Å². The van der Waals surface area contributed by atoms with Crippen LogP contribution in [-0.2, 0) is 20.6 Å². The van der Waals surface area contributed by atoms with Crippen molar-refractivity contribution in [3.8, 4) is 11.5 Å². The van der Waals surface area contributed by atoms with Crippen molar-refractivity contribution in [3.63, 3.8) is 0 Å². The highest BCUT2D eigenvalue weighted by atomic mass is 31.2. The number of phosphoric acid groups is 1. The standard InChI is InChI=1S/C15H24N3O8P/c1-8(2)12(16)13(20)17-18-15(3,14(21)22)7-9-4-5-11(10(19)6-9)26-27(23,24)25/h4-6,8,12,18-19H,7,16H2,1-3H3,(H,17,20)(H,21,22)(H2,23,24,25)/t12-,15?/m0/s1. The molecule has 0 spiro atoms. The molecule has 2 atom stereocenters. The number of phenolic OH excluding ortho intramolecular Hbond substituents is 1. The molecule has 0 heterocycles. The first-order chi connectivity index (χ1) is 12.2. The van der Waals surface area contributed by atoms with E-state index in [1.165, 1.54) is 13.0 Å². The topological polar surface area (TPSA) is 191 Å². The maximum absolute atomic E-state index is 11.9. The van der Waals surface area contributed by atoms with E-state index in [4.69, 9.17) is 15.5 Å². The second kappa shape index (κ2) is 8.68. The third-order valence-electron chi connectivity index (χ3n) is 3.75. The van der Waals surface area contributed by atoms with Gasteiger partial charge in [-0.3, -0.25) is 24.8 Å². The molecule has 0 fully saturated rings. The zero-order valence-electron chi connectivity index (χ0n) is 15.0. The Balaban J connectivity index is 2.93. The lowest BCUT2D eigenvalue weighted by Gasteiger charge is -2.28. The molecule has 0 aliphatic heterocycles. The molecule has 0 aromatic heterocycles. The van der Waals surface area contributed by atoms with Crippen LogP contribution < -0.4 is 21.1 Å². The van der Waals surface area contributed by atoms with Gasteiger partial charge in [0.25, 0.3) is 5.91 Å². The lowest BCUT2D eigenvalue weighted by atomic mass is 9.93. The summed E-state index contributed by atoms with van der Waals surface area (Å²) in [5.74, 6) is -3.04. The van der Waals surface area contributed by atoms with E-state index in [2.05, 4.69) is 15.4 Å². The maximum Gasteiger partial charge on any atom is 0.524 e. The summed E-state index contributed by atoms with van der Waals surface area (Å²) in [5.41, 5.74) is 9.07. The van der Waals surface area contributed by atoms with Crippen molar-refractivity contribution in [2.75, 3.05) is 0 Å². The maximum atomic E-state index is 11.9. The number of aromatic hydroxyl groups is 1. The largest absolute Gasteiger partial charge is 0.524 e. The molecule has 8 N–H and O–H groups in total. The molecule has 12 heteroatoms. The molecule has 0 aliphatic carbocycles. The lowest BCUT2D eigenvalue weighted by molar-refractivity contribution is -0.145. The van der Waals surface area contributed by atoms with Crippen LogP contribution in [0, 0.1) is 5.92 Å². The van der Waals surface area contributed by atoms with E-state index in [1.807, 2.05) is 0 Å². The Morgan fingerprint density at radius 2 is 1.93 bits per heavy atom. The molecule has 0 radical (unpaired) electrons. The number of hydrogen-bond donors (Lipinski definition) is 7. The van der Waals surface area contributed by atoms with Crippen molar-refractivity contribution in [2.45, 2.75) is 38.8 Å². The number of carbonyl (C=O) groups is 2. The van der Waals surface area contributed by atoms with Crippen LogP contribution in [0.3, 0.4) is 0 Å². The Morgan fingerprint density at radius 3 is 2.37 bits per heavy atom. The molecular weight excluding hydrogens is 381 g/mol. The Kier molecular flexibility index (Phi) is 7.35. The normalized spacial score (nSPS) is 15.1. The van der Waals surface area contributed by atoms with Crippen molar-refractivity contribution in [1.29, 1.82) is 0 Å². The van der Waals surface area contributed by atoms with Gasteiger partial charge < -0.3 is 20.5 Å². The third-order valence-corrected chi connectivity index (χ3v) is 4.19. The van der Waals surface area contributed by atoms with Crippen LogP contribution in [0.4, 0.5) is 0 Å². The first kappa shape index (κ1) is 22.9. The second-order valence-corrected chi connectivity index (χ2v) is 7.75. The number of carbonyl (C=O) groups excluding carboxylic acids is 1. The van der Waals surface area contributed by atoms with Crippen LogP contribution in [-0.4, -0.2) is 43.5 Å². The highest BCUT2D eigenvalue weighted by Crippen LogP contribution is 2.41. The Labute approximate surface area is 155 Å². The van der Waals surface area contributed by atoms with Gasteiger partial charge in [0.2, 0.25) is 0 Å². The fourth-order valence-electron chi connectivity index (χ4n) is 2.05. The van der Waals surface area contributed by atoms with Crippen LogP contribution >= 0.6 is 7.82 Å². The summed E-state index contributed by atoms with van der Waals surface area (Å²) in [4.78, 5) is 41.1. The minimum Gasteiger partial charge on any atom is -0.504 e. The van der Waals surface area contributed by atoms with E-state index in [-0.39, 0.29) is 12.3 Å². The average Bonchev–Trinajstić information content (AvgIpc) is 2.53. The van der Waals surface area contributed by atoms with Gasteiger partial charge in [-0.05, 0) is 30.5 Å². The van der Waals surface area contributed by atoms with E-state index in [0.717, 1.165) is 12.1 Å². The first-order valence-corrected chi connectivity index (χ1v) is 9.41. The number of rotatable bonds is 9. The minimum atomic E-state index is -4.85. The first-order valence-electron chi connectivity index (χ1n) is 7.88.